The van der Waals surface area contributed by atoms with Crippen molar-refractivity contribution in [3.05, 3.63) is 28.5 Å². The molecule has 0 unspecified atom stereocenters. The van der Waals surface area contributed by atoms with Crippen molar-refractivity contribution >= 4 is 17.8 Å². The molecule has 0 saturated heterocycles. The molecule has 1 aromatic heterocycles. The molecular formula is C7H4ClN3O. The molecule has 1 heterocycles. The van der Waals surface area contributed by atoms with Gasteiger partial charge < -0.3 is 5.21 Å². The molecule has 0 amide bonds. The monoisotopic (exact) mass is 181 g/mol. The maximum absolute atomic E-state index is 8.53. The first-order chi connectivity index (χ1) is 5.77. The normalized spacial score (nSPS) is 10.0. The minimum Gasteiger partial charge on any atom is -0.411 e. The largest absolute Gasteiger partial charge is 0.411 e. The first-order valence-electron chi connectivity index (χ1n) is 3.01. The van der Waals surface area contributed by atoms with Gasteiger partial charge in [0.25, 0.3) is 0 Å². The summed E-state index contributed by atoms with van der Waals surface area (Å²) in [5.74, 6) is 0. The number of oxime groups is 1. The van der Waals surface area contributed by atoms with Gasteiger partial charge in [0.1, 0.15) is 11.2 Å². The molecule has 4 nitrogen and oxygen atoms in total. The van der Waals surface area contributed by atoms with E-state index in [-0.39, 0.29) is 10.7 Å². The average molecular weight is 182 g/mol. The molecule has 0 fully saturated rings. The van der Waals surface area contributed by atoms with Gasteiger partial charge in [-0.25, -0.2) is 4.98 Å². The molecule has 0 aromatic carbocycles. The standard InChI is InChI=1S/C7H4ClN3O/c8-7-6(2-9)1-5(3-10-7)4-11-12/h1,3-4,12H. The van der Waals surface area contributed by atoms with Crippen molar-refractivity contribution in [2.24, 2.45) is 5.16 Å². The molecular weight excluding hydrogens is 178 g/mol. The zero-order chi connectivity index (χ0) is 8.97. The average Bonchev–Trinajstić information content (AvgIpc) is 2.09. The van der Waals surface area contributed by atoms with Crippen LogP contribution < -0.4 is 0 Å². The molecule has 0 aliphatic heterocycles. The van der Waals surface area contributed by atoms with Crippen LogP contribution in [-0.2, 0) is 0 Å². The number of nitrogens with zero attached hydrogens (tertiary/aromatic N) is 3. The highest BCUT2D eigenvalue weighted by atomic mass is 35.5. The van der Waals surface area contributed by atoms with Crippen molar-refractivity contribution in [3.63, 3.8) is 0 Å². The molecule has 0 atom stereocenters. The number of aromatic nitrogens is 1. The van der Waals surface area contributed by atoms with E-state index in [9.17, 15) is 0 Å². The zero-order valence-electron chi connectivity index (χ0n) is 5.90. The van der Waals surface area contributed by atoms with Gasteiger partial charge in [-0.3, -0.25) is 0 Å². The number of hydrogen-bond acceptors (Lipinski definition) is 4. The van der Waals surface area contributed by atoms with Crippen LogP contribution in [0.3, 0.4) is 0 Å². The van der Waals surface area contributed by atoms with E-state index in [0.29, 0.717) is 5.56 Å². The Hall–Kier alpha value is -1.60. The molecule has 0 aliphatic rings. The van der Waals surface area contributed by atoms with Crippen LogP contribution in [0.25, 0.3) is 0 Å². The number of halogens is 1. The van der Waals surface area contributed by atoms with Gasteiger partial charge in [0.05, 0.1) is 11.8 Å². The summed E-state index contributed by atoms with van der Waals surface area (Å²) in [6, 6.07) is 3.34. The van der Waals surface area contributed by atoms with Gasteiger partial charge in [-0.2, -0.15) is 5.26 Å². The van der Waals surface area contributed by atoms with E-state index in [0.717, 1.165) is 0 Å². The van der Waals surface area contributed by atoms with Gasteiger partial charge in [0.15, 0.2) is 0 Å². The smallest absolute Gasteiger partial charge is 0.146 e. The van der Waals surface area contributed by atoms with Gasteiger partial charge >= 0.3 is 0 Å². The predicted molar refractivity (Wildman–Crippen MR) is 43.3 cm³/mol. The van der Waals surface area contributed by atoms with Crippen LogP contribution >= 0.6 is 11.6 Å². The minimum absolute atomic E-state index is 0.146. The summed E-state index contributed by atoms with van der Waals surface area (Å²) in [7, 11) is 0. The Morgan fingerprint density at radius 2 is 2.50 bits per heavy atom. The Kier molecular flexibility index (Phi) is 2.62. The van der Waals surface area contributed by atoms with E-state index >= 15 is 0 Å². The van der Waals surface area contributed by atoms with Crippen molar-refractivity contribution in [1.82, 2.24) is 4.98 Å². The molecule has 0 bridgehead atoms. The highest BCUT2D eigenvalue weighted by molar-refractivity contribution is 6.30. The highest BCUT2D eigenvalue weighted by Crippen LogP contribution is 2.11. The molecule has 1 aromatic rings. The van der Waals surface area contributed by atoms with Gasteiger partial charge in [-0.1, -0.05) is 16.8 Å². The molecule has 0 aliphatic carbocycles. The molecule has 0 spiro atoms. The van der Waals surface area contributed by atoms with Crippen molar-refractivity contribution in [2.45, 2.75) is 0 Å². The van der Waals surface area contributed by atoms with Crippen molar-refractivity contribution in [3.8, 4) is 6.07 Å². The van der Waals surface area contributed by atoms with Gasteiger partial charge in [0, 0.05) is 11.8 Å². The Balaban J connectivity index is 3.16. The fraction of sp³-hybridized carbons (Fsp3) is 0. The molecule has 5 heteroatoms. The quantitative estimate of drug-likeness (QED) is 0.308. The van der Waals surface area contributed by atoms with Crippen molar-refractivity contribution < 1.29 is 5.21 Å². The van der Waals surface area contributed by atoms with Crippen LogP contribution in [-0.4, -0.2) is 16.4 Å². The number of rotatable bonds is 1. The fourth-order valence-electron chi connectivity index (χ4n) is 0.680. The van der Waals surface area contributed by atoms with E-state index in [1.807, 2.05) is 6.07 Å². The summed E-state index contributed by atoms with van der Waals surface area (Å²) in [4.78, 5) is 3.71. The third kappa shape index (κ3) is 1.71. The van der Waals surface area contributed by atoms with Gasteiger partial charge in [-0.15, -0.1) is 0 Å². The summed E-state index contributed by atoms with van der Waals surface area (Å²) < 4.78 is 0. The Morgan fingerprint density at radius 3 is 3.08 bits per heavy atom. The Morgan fingerprint density at radius 1 is 1.75 bits per heavy atom. The van der Waals surface area contributed by atoms with Crippen LogP contribution in [0, 0.1) is 11.3 Å². The van der Waals surface area contributed by atoms with E-state index in [2.05, 4.69) is 10.1 Å². The molecule has 0 radical (unpaired) electrons. The molecule has 1 rings (SSSR count). The second-order valence-corrected chi connectivity index (χ2v) is 2.32. The first kappa shape index (κ1) is 8.50. The minimum atomic E-state index is 0.146. The maximum atomic E-state index is 8.53. The second kappa shape index (κ2) is 3.69. The third-order valence-electron chi connectivity index (χ3n) is 1.19. The lowest BCUT2D eigenvalue weighted by Gasteiger charge is -1.93. The topological polar surface area (TPSA) is 69.3 Å². The SMILES string of the molecule is N#Cc1cc(C=NO)cnc1Cl. The highest BCUT2D eigenvalue weighted by Gasteiger charge is 2.00. The molecule has 0 saturated carbocycles. The van der Waals surface area contributed by atoms with E-state index in [1.165, 1.54) is 18.5 Å². The van der Waals surface area contributed by atoms with Gasteiger partial charge in [0.2, 0.25) is 0 Å². The summed E-state index contributed by atoms with van der Waals surface area (Å²) >= 11 is 5.56. The molecule has 60 valence electrons. The van der Waals surface area contributed by atoms with Crippen LogP contribution in [0.1, 0.15) is 11.1 Å². The summed E-state index contributed by atoms with van der Waals surface area (Å²) in [5.41, 5.74) is 0.785. The molecule has 1 N–H and O–H groups in total. The lowest BCUT2D eigenvalue weighted by molar-refractivity contribution is 0.322. The van der Waals surface area contributed by atoms with Crippen LogP contribution in [0.5, 0.6) is 0 Å². The van der Waals surface area contributed by atoms with E-state index in [1.54, 1.807) is 0 Å². The zero-order valence-corrected chi connectivity index (χ0v) is 6.65. The maximum Gasteiger partial charge on any atom is 0.146 e. The fourth-order valence-corrected chi connectivity index (χ4v) is 0.826. The lowest BCUT2D eigenvalue weighted by Crippen LogP contribution is -1.87. The van der Waals surface area contributed by atoms with Gasteiger partial charge in [-0.05, 0) is 6.07 Å². The lowest BCUT2D eigenvalue weighted by atomic mass is 10.2. The molecule has 12 heavy (non-hydrogen) atoms. The van der Waals surface area contributed by atoms with Crippen LogP contribution in [0.4, 0.5) is 0 Å². The number of pyridine rings is 1. The van der Waals surface area contributed by atoms with Crippen molar-refractivity contribution in [1.29, 1.82) is 5.26 Å². The summed E-state index contributed by atoms with van der Waals surface area (Å²) in [5, 5.41) is 19.6. The summed E-state index contributed by atoms with van der Waals surface area (Å²) in [6.45, 7) is 0. The number of nitriles is 1. The van der Waals surface area contributed by atoms with E-state index in [4.69, 9.17) is 22.1 Å². The first-order valence-corrected chi connectivity index (χ1v) is 3.39. The third-order valence-corrected chi connectivity index (χ3v) is 1.49. The Bertz CT molecular complexity index is 356. The number of hydrogen-bond donors (Lipinski definition) is 1. The van der Waals surface area contributed by atoms with E-state index < -0.39 is 0 Å². The Labute approximate surface area is 73.7 Å². The van der Waals surface area contributed by atoms with Crippen molar-refractivity contribution in [2.75, 3.05) is 0 Å². The predicted octanol–water partition coefficient (Wildman–Crippen LogP) is 1.41. The van der Waals surface area contributed by atoms with Crippen LogP contribution in [0.15, 0.2) is 17.4 Å². The second-order valence-electron chi connectivity index (χ2n) is 1.96. The summed E-state index contributed by atoms with van der Waals surface area (Å²) in [6.07, 6.45) is 2.58. The van der Waals surface area contributed by atoms with Crippen LogP contribution in [0.2, 0.25) is 5.15 Å².